The molecule has 0 aliphatic carbocycles. The molecule has 0 spiro atoms. The molecule has 0 atom stereocenters. The third-order valence-electron chi connectivity index (χ3n) is 0.428. The van der Waals surface area contributed by atoms with E-state index in [2.05, 4.69) is 33.9 Å². The van der Waals surface area contributed by atoms with Crippen molar-refractivity contribution in [3.63, 3.8) is 0 Å². The zero-order valence-corrected chi connectivity index (χ0v) is 6.84. The number of hydrogen-bond acceptors (Lipinski definition) is 4. The predicted octanol–water partition coefficient (Wildman–Crippen LogP) is 1.83. The summed E-state index contributed by atoms with van der Waals surface area (Å²) in [6, 6.07) is 0. The van der Waals surface area contributed by atoms with Crippen LogP contribution in [0.1, 0.15) is 13.8 Å². The van der Waals surface area contributed by atoms with Crippen LogP contribution in [0.3, 0.4) is 0 Å². The summed E-state index contributed by atoms with van der Waals surface area (Å²) in [5.74, 6) is 0. The molecule has 0 saturated heterocycles. The first-order valence-electron chi connectivity index (χ1n) is 2.29. The molecule has 0 aliphatic rings. The van der Waals surface area contributed by atoms with Gasteiger partial charge in [0.05, 0.1) is 0 Å². The maximum absolute atomic E-state index is 4.65. The maximum atomic E-state index is 4.65. The van der Waals surface area contributed by atoms with Crippen molar-refractivity contribution in [2.24, 2.45) is 0 Å². The first-order chi connectivity index (χ1) is 4.13. The van der Waals surface area contributed by atoms with Gasteiger partial charge in [0.15, 0.2) is 10.1 Å². The Morgan fingerprint density at radius 1 is 1.11 bits per heavy atom. The van der Waals surface area contributed by atoms with E-state index in [0.29, 0.717) is 10.1 Å². The topological polar surface area (TPSA) is 18.5 Å². The van der Waals surface area contributed by atoms with E-state index in [1.807, 2.05) is 0 Å². The molecule has 0 fully saturated rings. The second kappa shape index (κ2) is 4.64. The third-order valence-corrected chi connectivity index (χ3v) is 0.621. The van der Waals surface area contributed by atoms with Crippen LogP contribution in [0.25, 0.3) is 0 Å². The van der Waals surface area contributed by atoms with Gasteiger partial charge in [-0.2, -0.15) is 0 Å². The normalized spacial score (nSPS) is 8.22. The highest BCUT2D eigenvalue weighted by Crippen LogP contribution is 1.89. The molecule has 0 aromatic heterocycles. The monoisotopic (exact) mass is 163 g/mol. The molecule has 0 heterocycles. The molecule has 0 amide bonds. The molecule has 0 aromatic carbocycles. The summed E-state index contributed by atoms with van der Waals surface area (Å²) in [4.78, 5) is 0. The summed E-state index contributed by atoms with van der Waals surface area (Å²) in [5.41, 5.74) is 0. The summed E-state index contributed by atoms with van der Waals surface area (Å²) in [5, 5.41) is 0.817. The lowest BCUT2D eigenvalue weighted by atomic mass is 10.8. The van der Waals surface area contributed by atoms with Crippen LogP contribution in [0.4, 0.5) is 0 Å². The Morgan fingerprint density at radius 3 is 1.67 bits per heavy atom. The van der Waals surface area contributed by atoms with E-state index in [1.165, 1.54) is 0 Å². The van der Waals surface area contributed by atoms with E-state index in [9.17, 15) is 0 Å². The molecule has 0 saturated carbocycles. The molecule has 0 rings (SSSR count). The molecule has 0 bridgehead atoms. The minimum absolute atomic E-state index is 0.409. The van der Waals surface area contributed by atoms with Gasteiger partial charge >= 0.3 is 6.79 Å². The van der Waals surface area contributed by atoms with Crippen molar-refractivity contribution >= 4 is 34.5 Å². The van der Waals surface area contributed by atoms with Crippen LogP contribution in [-0.4, -0.2) is 10.1 Å². The molecular formula is C5H7O2S2. The summed E-state index contributed by atoms with van der Waals surface area (Å²) >= 11 is 9.14. The van der Waals surface area contributed by atoms with Crippen LogP contribution in [0.5, 0.6) is 0 Å². The van der Waals surface area contributed by atoms with Gasteiger partial charge in [-0.15, -0.1) is 0 Å². The van der Waals surface area contributed by atoms with Crippen LogP contribution < -0.4 is 0 Å². The lowest BCUT2D eigenvalue weighted by molar-refractivity contribution is 0.197. The minimum Gasteiger partial charge on any atom is -0.441 e. The van der Waals surface area contributed by atoms with Crippen molar-refractivity contribution in [3.05, 3.63) is 6.79 Å². The number of rotatable bonds is 2. The van der Waals surface area contributed by atoms with Gasteiger partial charge in [0.25, 0.3) is 0 Å². The molecule has 0 aromatic rings. The second-order valence-corrected chi connectivity index (χ2v) is 2.46. The Kier molecular flexibility index (Phi) is 4.53. The molecule has 1 radical (unpaired) electrons. The van der Waals surface area contributed by atoms with Gasteiger partial charge in [-0.1, -0.05) is 0 Å². The Bertz CT molecular complexity index is 108. The number of ether oxygens (including phenoxy) is 2. The van der Waals surface area contributed by atoms with Crippen molar-refractivity contribution < 1.29 is 9.47 Å². The highest BCUT2D eigenvalue weighted by Gasteiger charge is 1.90. The smallest absolute Gasteiger partial charge is 0.316 e. The van der Waals surface area contributed by atoms with Crippen LogP contribution in [-0.2, 0) is 9.47 Å². The quantitative estimate of drug-likeness (QED) is 0.578. The summed E-state index contributed by atoms with van der Waals surface area (Å²) in [7, 11) is 0. The van der Waals surface area contributed by atoms with Gasteiger partial charge in [-0.05, 0) is 24.4 Å². The average Bonchev–Trinajstić information content (AvgIpc) is 1.63. The summed E-state index contributed by atoms with van der Waals surface area (Å²) in [6.07, 6.45) is 0. The number of thiocarbonyl (C=S) groups is 2. The predicted molar refractivity (Wildman–Crippen MR) is 43.0 cm³/mol. The molecule has 9 heavy (non-hydrogen) atoms. The maximum Gasteiger partial charge on any atom is 0.316 e. The van der Waals surface area contributed by atoms with E-state index in [0.717, 1.165) is 6.79 Å². The van der Waals surface area contributed by atoms with Gasteiger partial charge in [0.1, 0.15) is 0 Å². The molecular weight excluding hydrogens is 156 g/mol. The van der Waals surface area contributed by atoms with E-state index in [-0.39, 0.29) is 0 Å². The van der Waals surface area contributed by atoms with Gasteiger partial charge in [-0.25, -0.2) is 0 Å². The van der Waals surface area contributed by atoms with Crippen molar-refractivity contribution in [1.29, 1.82) is 0 Å². The first-order valence-corrected chi connectivity index (χ1v) is 3.10. The average molecular weight is 163 g/mol. The minimum atomic E-state index is 0.409. The van der Waals surface area contributed by atoms with Crippen LogP contribution in [0, 0.1) is 6.79 Å². The molecule has 4 heteroatoms. The largest absolute Gasteiger partial charge is 0.441 e. The fourth-order valence-electron chi connectivity index (χ4n) is 0.160. The standard InChI is InChI=1S/C5H7O2S2/c1-4(8)6-3-7-5(2)9/h3H,1-2H3. The Balaban J connectivity index is 3.10. The SMILES string of the molecule is CC(=S)O[CH]OC(C)=S. The van der Waals surface area contributed by atoms with Crippen molar-refractivity contribution in [3.8, 4) is 0 Å². The highest BCUT2D eigenvalue weighted by atomic mass is 32.1. The lowest BCUT2D eigenvalue weighted by Gasteiger charge is -2.01. The van der Waals surface area contributed by atoms with Crippen molar-refractivity contribution in [2.75, 3.05) is 0 Å². The molecule has 2 nitrogen and oxygen atoms in total. The van der Waals surface area contributed by atoms with Crippen LogP contribution in [0.15, 0.2) is 0 Å². The lowest BCUT2D eigenvalue weighted by Crippen LogP contribution is -1.99. The summed E-state index contributed by atoms with van der Waals surface area (Å²) < 4.78 is 9.30. The van der Waals surface area contributed by atoms with Crippen LogP contribution >= 0.6 is 24.4 Å². The van der Waals surface area contributed by atoms with Crippen molar-refractivity contribution in [1.82, 2.24) is 0 Å². The van der Waals surface area contributed by atoms with E-state index < -0.39 is 0 Å². The number of hydrogen-bond donors (Lipinski definition) is 0. The molecule has 51 valence electrons. The fourth-order valence-corrected chi connectivity index (χ4v) is 0.238. The van der Waals surface area contributed by atoms with E-state index >= 15 is 0 Å². The Labute approximate surface area is 65.1 Å². The molecule has 0 N–H and O–H groups in total. The second-order valence-electron chi connectivity index (χ2n) is 1.32. The van der Waals surface area contributed by atoms with Gasteiger partial charge in [-0.3, -0.25) is 0 Å². The zero-order valence-electron chi connectivity index (χ0n) is 5.21. The Hall–Kier alpha value is -0.220. The molecule has 0 aliphatic heterocycles. The third kappa shape index (κ3) is 7.78. The summed E-state index contributed by atoms with van der Waals surface area (Å²) in [6.45, 7) is 4.41. The van der Waals surface area contributed by atoms with E-state index in [1.54, 1.807) is 13.8 Å². The Morgan fingerprint density at radius 2 is 1.44 bits per heavy atom. The van der Waals surface area contributed by atoms with Crippen molar-refractivity contribution in [2.45, 2.75) is 13.8 Å². The molecule has 0 unspecified atom stereocenters. The van der Waals surface area contributed by atoms with Crippen LogP contribution in [0.2, 0.25) is 0 Å². The van der Waals surface area contributed by atoms with Gasteiger partial charge < -0.3 is 9.47 Å². The van der Waals surface area contributed by atoms with Gasteiger partial charge in [0, 0.05) is 13.8 Å². The zero-order chi connectivity index (χ0) is 7.28. The fraction of sp³-hybridized carbons (Fsp3) is 0.400. The first kappa shape index (κ1) is 8.78. The highest BCUT2D eigenvalue weighted by molar-refractivity contribution is 7.80. The van der Waals surface area contributed by atoms with Gasteiger partial charge in [0.2, 0.25) is 0 Å². The van der Waals surface area contributed by atoms with E-state index in [4.69, 9.17) is 0 Å².